The maximum atomic E-state index is 10.1. The van der Waals surface area contributed by atoms with Crippen LogP contribution in [-0.4, -0.2) is 17.8 Å². The van der Waals surface area contributed by atoms with Crippen molar-refractivity contribution in [3.63, 3.8) is 0 Å². The van der Waals surface area contributed by atoms with Crippen LogP contribution in [0, 0.1) is 0 Å². The summed E-state index contributed by atoms with van der Waals surface area (Å²) in [7, 11) is 0. The molecule has 0 saturated heterocycles. The van der Waals surface area contributed by atoms with Crippen LogP contribution in [0.25, 0.3) is 0 Å². The smallest absolute Gasteiger partial charge is 0.167 e. The molecule has 1 heterocycles. The molecule has 3 heteroatoms. The number of aliphatic hydroxyl groups is 1. The monoisotopic (exact) mass is 236 g/mol. The molecule has 1 aromatic carbocycles. The molecule has 94 valence electrons. The van der Waals surface area contributed by atoms with Crippen LogP contribution in [0.4, 0.5) is 0 Å². The second-order valence-corrected chi connectivity index (χ2v) is 4.41. The number of aliphatic hydroxyl groups excluding tert-OH is 1. The molecule has 1 aliphatic heterocycles. The Bertz CT molecular complexity index is 376. The Hall–Kier alpha value is -1.22. The van der Waals surface area contributed by atoms with E-state index < -0.39 is 6.10 Å². The second kappa shape index (κ2) is 5.41. The third-order valence-corrected chi connectivity index (χ3v) is 2.98. The van der Waals surface area contributed by atoms with E-state index in [4.69, 9.17) is 9.47 Å². The molecule has 0 amide bonds. The van der Waals surface area contributed by atoms with E-state index in [9.17, 15) is 5.11 Å². The Labute approximate surface area is 102 Å². The highest BCUT2D eigenvalue weighted by Gasteiger charge is 2.34. The van der Waals surface area contributed by atoms with Gasteiger partial charge >= 0.3 is 0 Å². The fourth-order valence-corrected chi connectivity index (χ4v) is 2.13. The molecule has 2 unspecified atom stereocenters. The van der Waals surface area contributed by atoms with Gasteiger partial charge in [0.2, 0.25) is 0 Å². The van der Waals surface area contributed by atoms with Crippen LogP contribution in [0.2, 0.25) is 0 Å². The van der Waals surface area contributed by atoms with E-state index in [1.165, 1.54) is 0 Å². The summed E-state index contributed by atoms with van der Waals surface area (Å²) in [5, 5.41) is 10.1. The van der Waals surface area contributed by atoms with Crippen molar-refractivity contribution >= 4 is 0 Å². The molecule has 17 heavy (non-hydrogen) atoms. The van der Waals surface area contributed by atoms with E-state index in [2.05, 4.69) is 13.8 Å². The summed E-state index contributed by atoms with van der Waals surface area (Å²) < 4.78 is 11.4. The lowest BCUT2D eigenvalue weighted by Gasteiger charge is -2.13. The minimum absolute atomic E-state index is 0.124. The van der Waals surface area contributed by atoms with Crippen molar-refractivity contribution < 1.29 is 14.6 Å². The molecular weight excluding hydrogens is 216 g/mol. The first-order valence-electron chi connectivity index (χ1n) is 6.38. The van der Waals surface area contributed by atoms with Crippen LogP contribution in [0.15, 0.2) is 18.2 Å². The van der Waals surface area contributed by atoms with Crippen molar-refractivity contribution in [2.24, 2.45) is 0 Å². The molecule has 0 bridgehead atoms. The first-order valence-corrected chi connectivity index (χ1v) is 6.38. The third kappa shape index (κ3) is 2.39. The molecule has 1 aliphatic rings. The van der Waals surface area contributed by atoms with Gasteiger partial charge < -0.3 is 14.6 Å². The van der Waals surface area contributed by atoms with Gasteiger partial charge in [0.1, 0.15) is 12.2 Å². The largest absolute Gasteiger partial charge is 0.490 e. The molecule has 1 aromatic rings. The molecule has 0 aromatic heterocycles. The van der Waals surface area contributed by atoms with Gasteiger partial charge in [-0.15, -0.1) is 0 Å². The SMILES string of the molecule is CCCOc1cccc2c1OC(CCC)C2O. The zero-order valence-electron chi connectivity index (χ0n) is 10.5. The van der Waals surface area contributed by atoms with Crippen LogP contribution in [0.1, 0.15) is 44.8 Å². The Morgan fingerprint density at radius 3 is 2.82 bits per heavy atom. The van der Waals surface area contributed by atoms with Gasteiger partial charge in [-0.3, -0.25) is 0 Å². The molecular formula is C14H20O3. The number of para-hydroxylation sites is 1. The van der Waals surface area contributed by atoms with Crippen LogP contribution in [-0.2, 0) is 0 Å². The lowest BCUT2D eigenvalue weighted by molar-refractivity contribution is 0.0605. The molecule has 0 aliphatic carbocycles. The van der Waals surface area contributed by atoms with Gasteiger partial charge in [0.05, 0.1) is 6.61 Å². The first kappa shape index (κ1) is 12.2. The standard InChI is InChI=1S/C14H20O3/c1-3-6-11-13(15)10-7-5-8-12(14(10)17-11)16-9-4-2/h5,7-8,11,13,15H,3-4,6,9H2,1-2H3. The number of benzene rings is 1. The predicted molar refractivity (Wildman–Crippen MR) is 66.5 cm³/mol. The Morgan fingerprint density at radius 1 is 1.29 bits per heavy atom. The fourth-order valence-electron chi connectivity index (χ4n) is 2.13. The zero-order chi connectivity index (χ0) is 12.3. The van der Waals surface area contributed by atoms with E-state index in [0.29, 0.717) is 6.61 Å². The van der Waals surface area contributed by atoms with Gasteiger partial charge in [-0.05, 0) is 18.9 Å². The fraction of sp³-hybridized carbons (Fsp3) is 0.571. The highest BCUT2D eigenvalue weighted by atomic mass is 16.5. The quantitative estimate of drug-likeness (QED) is 0.854. The molecule has 0 spiro atoms. The number of ether oxygens (including phenoxy) is 2. The lowest BCUT2D eigenvalue weighted by atomic mass is 10.0. The molecule has 0 radical (unpaired) electrons. The van der Waals surface area contributed by atoms with E-state index in [1.807, 2.05) is 18.2 Å². The average molecular weight is 236 g/mol. The van der Waals surface area contributed by atoms with Gasteiger partial charge in [-0.1, -0.05) is 32.4 Å². The zero-order valence-corrected chi connectivity index (χ0v) is 10.5. The minimum Gasteiger partial charge on any atom is -0.490 e. The molecule has 2 rings (SSSR count). The molecule has 0 fully saturated rings. The van der Waals surface area contributed by atoms with E-state index in [-0.39, 0.29) is 6.10 Å². The third-order valence-electron chi connectivity index (χ3n) is 2.98. The minimum atomic E-state index is -0.518. The van der Waals surface area contributed by atoms with Crippen LogP contribution >= 0.6 is 0 Å². The van der Waals surface area contributed by atoms with Gasteiger partial charge in [0.15, 0.2) is 11.5 Å². The Kier molecular flexibility index (Phi) is 3.89. The first-order chi connectivity index (χ1) is 8.27. The van der Waals surface area contributed by atoms with Crippen LogP contribution in [0.3, 0.4) is 0 Å². The summed E-state index contributed by atoms with van der Waals surface area (Å²) in [5.41, 5.74) is 0.858. The topological polar surface area (TPSA) is 38.7 Å². The summed E-state index contributed by atoms with van der Waals surface area (Å²) in [6.07, 6.45) is 2.19. The van der Waals surface area contributed by atoms with Crippen molar-refractivity contribution in [2.75, 3.05) is 6.61 Å². The lowest BCUT2D eigenvalue weighted by Crippen LogP contribution is -2.17. The van der Waals surface area contributed by atoms with Crippen molar-refractivity contribution in [1.29, 1.82) is 0 Å². The Morgan fingerprint density at radius 2 is 2.12 bits per heavy atom. The van der Waals surface area contributed by atoms with Gasteiger partial charge in [0, 0.05) is 5.56 Å². The molecule has 2 atom stereocenters. The molecule has 3 nitrogen and oxygen atoms in total. The van der Waals surface area contributed by atoms with Crippen molar-refractivity contribution in [3.05, 3.63) is 23.8 Å². The highest BCUT2D eigenvalue weighted by Crippen LogP contribution is 2.44. The maximum absolute atomic E-state index is 10.1. The number of rotatable bonds is 5. The Balaban J connectivity index is 2.20. The summed E-state index contributed by atoms with van der Waals surface area (Å²) in [5.74, 6) is 1.48. The average Bonchev–Trinajstić information content (AvgIpc) is 2.66. The highest BCUT2D eigenvalue weighted by molar-refractivity contribution is 5.50. The van der Waals surface area contributed by atoms with E-state index in [1.54, 1.807) is 0 Å². The van der Waals surface area contributed by atoms with Gasteiger partial charge in [0.25, 0.3) is 0 Å². The van der Waals surface area contributed by atoms with Gasteiger partial charge in [-0.25, -0.2) is 0 Å². The summed E-state index contributed by atoms with van der Waals surface area (Å²) in [4.78, 5) is 0. The second-order valence-electron chi connectivity index (χ2n) is 4.41. The van der Waals surface area contributed by atoms with Crippen LogP contribution < -0.4 is 9.47 Å². The van der Waals surface area contributed by atoms with Gasteiger partial charge in [-0.2, -0.15) is 0 Å². The number of hydrogen-bond donors (Lipinski definition) is 1. The maximum Gasteiger partial charge on any atom is 0.167 e. The molecule has 0 saturated carbocycles. The van der Waals surface area contributed by atoms with Crippen LogP contribution in [0.5, 0.6) is 11.5 Å². The summed E-state index contributed by atoms with van der Waals surface area (Å²) in [6.45, 7) is 4.83. The van der Waals surface area contributed by atoms with Crippen molar-refractivity contribution in [2.45, 2.75) is 45.3 Å². The predicted octanol–water partition coefficient (Wildman–Crippen LogP) is 3.07. The normalized spacial score (nSPS) is 22.1. The number of fused-ring (bicyclic) bond motifs is 1. The summed E-state index contributed by atoms with van der Waals surface area (Å²) >= 11 is 0. The van der Waals surface area contributed by atoms with Crippen molar-refractivity contribution in [1.82, 2.24) is 0 Å². The molecule has 1 N–H and O–H groups in total. The number of hydrogen-bond acceptors (Lipinski definition) is 3. The summed E-state index contributed by atoms with van der Waals surface area (Å²) in [6, 6.07) is 5.72. The van der Waals surface area contributed by atoms with E-state index >= 15 is 0 Å². The van der Waals surface area contributed by atoms with Crippen molar-refractivity contribution in [3.8, 4) is 11.5 Å². The van der Waals surface area contributed by atoms with E-state index in [0.717, 1.165) is 36.3 Å².